The van der Waals surface area contributed by atoms with E-state index in [0.29, 0.717) is 12.1 Å². The maximum absolute atomic E-state index is 11.3. The van der Waals surface area contributed by atoms with Crippen molar-refractivity contribution in [2.45, 2.75) is 20.4 Å². The van der Waals surface area contributed by atoms with Crippen LogP contribution < -0.4 is 5.43 Å². The lowest BCUT2D eigenvalue weighted by Crippen LogP contribution is -2.16. The third kappa shape index (κ3) is 2.96. The normalized spacial score (nSPS) is 10.3. The third-order valence-corrected chi connectivity index (χ3v) is 3.09. The van der Waals surface area contributed by atoms with Crippen molar-refractivity contribution in [3.05, 3.63) is 58.9 Å². The van der Waals surface area contributed by atoms with Crippen LogP contribution in [0, 0.1) is 13.8 Å². The van der Waals surface area contributed by atoms with E-state index in [0.717, 1.165) is 5.56 Å². The minimum atomic E-state index is -0.309. The highest BCUT2D eigenvalue weighted by atomic mass is 16.5. The van der Waals surface area contributed by atoms with Crippen molar-refractivity contribution in [1.29, 1.82) is 0 Å². The van der Waals surface area contributed by atoms with Gasteiger partial charge in [0.05, 0.1) is 19.2 Å². The molecule has 0 bridgehead atoms. The molecular formula is C15H18N2O2. The quantitative estimate of drug-likeness (QED) is 0.857. The van der Waals surface area contributed by atoms with Crippen LogP contribution in [0.1, 0.15) is 27.3 Å². The monoisotopic (exact) mass is 258 g/mol. The van der Waals surface area contributed by atoms with Gasteiger partial charge in [0.1, 0.15) is 0 Å². The van der Waals surface area contributed by atoms with E-state index in [2.05, 4.69) is 36.1 Å². The molecule has 0 radical (unpaired) electrons. The Kier molecular flexibility index (Phi) is 3.90. The lowest BCUT2D eigenvalue weighted by Gasteiger charge is -2.12. The van der Waals surface area contributed by atoms with Crippen LogP contribution in [-0.2, 0) is 11.3 Å². The number of ether oxygens (including phenoxy) is 1. The average Bonchev–Trinajstić information content (AvgIpc) is 2.75. The van der Waals surface area contributed by atoms with E-state index in [1.54, 1.807) is 12.1 Å². The number of methoxy groups -OCH3 is 1. The Morgan fingerprint density at radius 1 is 1.11 bits per heavy atom. The molecule has 0 unspecified atom stereocenters. The number of rotatable bonds is 4. The van der Waals surface area contributed by atoms with E-state index in [-0.39, 0.29) is 5.97 Å². The molecule has 0 aliphatic heterocycles. The SMILES string of the molecule is COC(=O)c1ccc(CNn2c(C)ccc2C)cc1. The molecule has 0 aliphatic rings. The van der Waals surface area contributed by atoms with Gasteiger partial charge in [-0.05, 0) is 43.7 Å². The summed E-state index contributed by atoms with van der Waals surface area (Å²) in [6.07, 6.45) is 0. The van der Waals surface area contributed by atoms with Gasteiger partial charge in [-0.3, -0.25) is 4.68 Å². The second-order valence-electron chi connectivity index (χ2n) is 4.47. The predicted molar refractivity (Wildman–Crippen MR) is 74.8 cm³/mol. The lowest BCUT2D eigenvalue weighted by atomic mass is 10.1. The summed E-state index contributed by atoms with van der Waals surface area (Å²) >= 11 is 0. The summed E-state index contributed by atoms with van der Waals surface area (Å²) in [5.41, 5.74) is 7.36. The molecule has 1 N–H and O–H groups in total. The summed E-state index contributed by atoms with van der Waals surface area (Å²) in [6, 6.07) is 11.5. The predicted octanol–water partition coefficient (Wildman–Crippen LogP) is 2.64. The first-order valence-electron chi connectivity index (χ1n) is 6.18. The highest BCUT2D eigenvalue weighted by Gasteiger charge is 2.04. The van der Waals surface area contributed by atoms with Crippen LogP contribution in [0.2, 0.25) is 0 Å². The van der Waals surface area contributed by atoms with Crippen LogP contribution in [0.4, 0.5) is 0 Å². The van der Waals surface area contributed by atoms with Gasteiger partial charge in [0.25, 0.3) is 0 Å². The van der Waals surface area contributed by atoms with Crippen molar-refractivity contribution >= 4 is 5.97 Å². The first-order chi connectivity index (χ1) is 9.11. The highest BCUT2D eigenvalue weighted by molar-refractivity contribution is 5.89. The van der Waals surface area contributed by atoms with Crippen molar-refractivity contribution in [1.82, 2.24) is 4.68 Å². The average molecular weight is 258 g/mol. The number of hydrogen-bond donors (Lipinski definition) is 1. The molecule has 0 saturated carbocycles. The van der Waals surface area contributed by atoms with Gasteiger partial charge in [0, 0.05) is 11.4 Å². The van der Waals surface area contributed by atoms with Crippen LogP contribution in [-0.4, -0.2) is 17.8 Å². The number of carbonyl (C=O) groups is 1. The Balaban J connectivity index is 2.03. The van der Waals surface area contributed by atoms with Crippen LogP contribution in [0.5, 0.6) is 0 Å². The molecule has 0 fully saturated rings. The van der Waals surface area contributed by atoms with Gasteiger partial charge in [-0.15, -0.1) is 0 Å². The summed E-state index contributed by atoms with van der Waals surface area (Å²) in [5, 5.41) is 0. The van der Waals surface area contributed by atoms with Gasteiger partial charge in [0.2, 0.25) is 0 Å². The van der Waals surface area contributed by atoms with Crippen LogP contribution in [0.25, 0.3) is 0 Å². The molecule has 2 rings (SSSR count). The van der Waals surface area contributed by atoms with Crippen LogP contribution >= 0.6 is 0 Å². The van der Waals surface area contributed by atoms with E-state index in [1.165, 1.54) is 18.5 Å². The highest BCUT2D eigenvalue weighted by Crippen LogP contribution is 2.08. The largest absolute Gasteiger partial charge is 0.465 e. The first-order valence-corrected chi connectivity index (χ1v) is 6.18. The second-order valence-corrected chi connectivity index (χ2v) is 4.47. The molecule has 4 heteroatoms. The van der Waals surface area contributed by atoms with Gasteiger partial charge < -0.3 is 10.2 Å². The zero-order valence-electron chi connectivity index (χ0n) is 11.4. The molecule has 1 aromatic carbocycles. The molecule has 0 spiro atoms. The van der Waals surface area contributed by atoms with E-state index in [4.69, 9.17) is 0 Å². The summed E-state index contributed by atoms with van der Waals surface area (Å²) < 4.78 is 6.72. The van der Waals surface area contributed by atoms with Gasteiger partial charge in [-0.2, -0.15) is 0 Å². The molecule has 4 nitrogen and oxygen atoms in total. The number of aromatic nitrogens is 1. The maximum Gasteiger partial charge on any atom is 0.337 e. The summed E-state index contributed by atoms with van der Waals surface area (Å²) in [5.74, 6) is -0.309. The van der Waals surface area contributed by atoms with Crippen molar-refractivity contribution in [2.75, 3.05) is 12.5 Å². The van der Waals surface area contributed by atoms with Gasteiger partial charge in [0.15, 0.2) is 0 Å². The van der Waals surface area contributed by atoms with E-state index in [1.807, 2.05) is 16.8 Å². The maximum atomic E-state index is 11.3. The number of nitrogens with zero attached hydrogens (tertiary/aromatic N) is 1. The zero-order valence-corrected chi connectivity index (χ0v) is 11.4. The van der Waals surface area contributed by atoms with E-state index >= 15 is 0 Å². The van der Waals surface area contributed by atoms with Crippen LogP contribution in [0.15, 0.2) is 36.4 Å². The van der Waals surface area contributed by atoms with Crippen molar-refractivity contribution in [2.24, 2.45) is 0 Å². The second kappa shape index (κ2) is 5.61. The molecular weight excluding hydrogens is 240 g/mol. The number of carbonyl (C=O) groups excluding carboxylic acids is 1. The van der Waals surface area contributed by atoms with Gasteiger partial charge >= 0.3 is 5.97 Å². The molecule has 19 heavy (non-hydrogen) atoms. The summed E-state index contributed by atoms with van der Waals surface area (Å²) in [6.45, 7) is 4.82. The third-order valence-electron chi connectivity index (χ3n) is 3.09. The molecule has 0 aliphatic carbocycles. The topological polar surface area (TPSA) is 43.3 Å². The Morgan fingerprint density at radius 3 is 2.21 bits per heavy atom. The fourth-order valence-corrected chi connectivity index (χ4v) is 1.96. The Bertz CT molecular complexity index is 551. The molecule has 1 heterocycles. The minimum Gasteiger partial charge on any atom is -0.465 e. The lowest BCUT2D eigenvalue weighted by molar-refractivity contribution is 0.0600. The smallest absolute Gasteiger partial charge is 0.337 e. The summed E-state index contributed by atoms with van der Waals surface area (Å²) in [7, 11) is 1.38. The Labute approximate surface area is 113 Å². The number of benzene rings is 1. The molecule has 0 amide bonds. The fourth-order valence-electron chi connectivity index (χ4n) is 1.96. The van der Waals surface area contributed by atoms with Crippen LogP contribution in [0.3, 0.4) is 0 Å². The zero-order chi connectivity index (χ0) is 13.8. The van der Waals surface area contributed by atoms with Crippen molar-refractivity contribution in [3.63, 3.8) is 0 Å². The van der Waals surface area contributed by atoms with Gasteiger partial charge in [-0.25, -0.2) is 4.79 Å². The Morgan fingerprint density at radius 2 is 1.68 bits per heavy atom. The molecule has 2 aromatic rings. The standard InChI is InChI=1S/C15H18N2O2/c1-11-4-5-12(2)17(11)16-10-13-6-8-14(9-7-13)15(18)19-3/h4-9,16H,10H2,1-3H3. The number of nitrogens with one attached hydrogen (secondary N) is 1. The molecule has 100 valence electrons. The molecule has 1 aromatic heterocycles. The number of hydrogen-bond acceptors (Lipinski definition) is 3. The van der Waals surface area contributed by atoms with Crippen molar-refractivity contribution < 1.29 is 9.53 Å². The molecule has 0 saturated heterocycles. The Hall–Kier alpha value is -2.23. The van der Waals surface area contributed by atoms with E-state index < -0.39 is 0 Å². The van der Waals surface area contributed by atoms with Gasteiger partial charge in [-0.1, -0.05) is 12.1 Å². The minimum absolute atomic E-state index is 0.309. The van der Waals surface area contributed by atoms with E-state index in [9.17, 15) is 4.79 Å². The number of esters is 1. The first kappa shape index (κ1) is 13.2. The summed E-state index contributed by atoms with van der Waals surface area (Å²) in [4.78, 5) is 11.3. The fraction of sp³-hybridized carbons (Fsp3) is 0.267. The number of aryl methyl sites for hydroxylation is 2. The molecule has 0 atom stereocenters. The van der Waals surface area contributed by atoms with Crippen molar-refractivity contribution in [3.8, 4) is 0 Å².